The lowest BCUT2D eigenvalue weighted by molar-refractivity contribution is 0.112. The van der Waals surface area contributed by atoms with Crippen LogP contribution in [0.15, 0.2) is 42.7 Å². The first-order valence-corrected chi connectivity index (χ1v) is 5.99. The van der Waals surface area contributed by atoms with E-state index in [4.69, 9.17) is 4.74 Å². The number of aldehydes is 1. The molecule has 18 heavy (non-hydrogen) atoms. The second kappa shape index (κ2) is 5.96. The van der Waals surface area contributed by atoms with E-state index in [1.807, 2.05) is 12.1 Å². The smallest absolute Gasteiger partial charge is 0.151 e. The molecule has 0 atom stereocenters. The van der Waals surface area contributed by atoms with Gasteiger partial charge in [0, 0.05) is 11.8 Å². The van der Waals surface area contributed by atoms with Gasteiger partial charge in [-0.3, -0.25) is 9.78 Å². The molecule has 1 aromatic carbocycles. The molecule has 3 nitrogen and oxygen atoms in total. The van der Waals surface area contributed by atoms with Crippen LogP contribution in [-0.2, 0) is 6.42 Å². The van der Waals surface area contributed by atoms with E-state index in [-0.39, 0.29) is 0 Å². The van der Waals surface area contributed by atoms with Crippen LogP contribution in [0, 0.1) is 0 Å². The van der Waals surface area contributed by atoms with Crippen molar-refractivity contribution < 1.29 is 9.53 Å². The number of ether oxygens (including phenoxy) is 1. The second-order valence-electron chi connectivity index (χ2n) is 4.07. The number of rotatable bonds is 5. The molecule has 3 heteroatoms. The fraction of sp³-hybridized carbons (Fsp3) is 0.200. The summed E-state index contributed by atoms with van der Waals surface area (Å²) in [5.74, 6) is 1.32. The van der Waals surface area contributed by atoms with Crippen molar-refractivity contribution in [2.24, 2.45) is 0 Å². The molecule has 0 unspecified atom stereocenters. The van der Waals surface area contributed by atoms with Crippen LogP contribution >= 0.6 is 0 Å². The van der Waals surface area contributed by atoms with Crippen LogP contribution in [-0.4, -0.2) is 11.3 Å². The third kappa shape index (κ3) is 3.17. The fourth-order valence-corrected chi connectivity index (χ4v) is 1.70. The van der Waals surface area contributed by atoms with Crippen LogP contribution < -0.4 is 4.74 Å². The molecule has 2 rings (SSSR count). The van der Waals surface area contributed by atoms with E-state index in [0.717, 1.165) is 24.9 Å². The van der Waals surface area contributed by atoms with Crippen molar-refractivity contribution in [3.05, 3.63) is 53.9 Å². The maximum Gasteiger partial charge on any atom is 0.151 e. The van der Waals surface area contributed by atoms with Crippen molar-refractivity contribution in [3.63, 3.8) is 0 Å². The summed E-state index contributed by atoms with van der Waals surface area (Å²) < 4.78 is 5.63. The predicted octanol–water partition coefficient (Wildman–Crippen LogP) is 3.64. The predicted molar refractivity (Wildman–Crippen MR) is 70.1 cm³/mol. The Hall–Kier alpha value is -2.16. The van der Waals surface area contributed by atoms with Gasteiger partial charge in [0.15, 0.2) is 6.29 Å². The standard InChI is InChI=1S/C15H15NO2/c1-2-3-12-4-6-14(7-5-12)18-15-8-13(11-17)9-16-10-15/h4-11H,2-3H2,1H3. The third-order valence-electron chi connectivity index (χ3n) is 2.57. The lowest BCUT2D eigenvalue weighted by Crippen LogP contribution is -1.89. The quantitative estimate of drug-likeness (QED) is 0.750. The molecule has 2 aromatic rings. The van der Waals surface area contributed by atoms with Gasteiger partial charge in [-0.15, -0.1) is 0 Å². The van der Waals surface area contributed by atoms with Gasteiger partial charge in [0.1, 0.15) is 11.5 Å². The van der Waals surface area contributed by atoms with Crippen molar-refractivity contribution in [2.45, 2.75) is 19.8 Å². The average molecular weight is 241 g/mol. The molecule has 0 spiro atoms. The maximum absolute atomic E-state index is 10.6. The lowest BCUT2D eigenvalue weighted by Gasteiger charge is -2.06. The van der Waals surface area contributed by atoms with Crippen molar-refractivity contribution in [2.75, 3.05) is 0 Å². The van der Waals surface area contributed by atoms with E-state index in [9.17, 15) is 4.79 Å². The van der Waals surface area contributed by atoms with E-state index in [1.54, 1.807) is 12.3 Å². The van der Waals surface area contributed by atoms with Crippen LogP contribution in [0.2, 0.25) is 0 Å². The number of pyridine rings is 1. The minimum Gasteiger partial charge on any atom is -0.456 e. The van der Waals surface area contributed by atoms with Gasteiger partial charge in [-0.1, -0.05) is 25.5 Å². The first-order valence-electron chi connectivity index (χ1n) is 5.99. The summed E-state index contributed by atoms with van der Waals surface area (Å²) in [6.45, 7) is 2.15. The van der Waals surface area contributed by atoms with E-state index < -0.39 is 0 Å². The molecule has 0 aliphatic heterocycles. The fourth-order valence-electron chi connectivity index (χ4n) is 1.70. The summed E-state index contributed by atoms with van der Waals surface area (Å²) in [4.78, 5) is 14.6. The monoisotopic (exact) mass is 241 g/mol. The number of carbonyl (C=O) groups excluding carboxylic acids is 1. The Morgan fingerprint density at radius 3 is 2.61 bits per heavy atom. The van der Waals surface area contributed by atoms with Gasteiger partial charge in [-0.2, -0.15) is 0 Å². The van der Waals surface area contributed by atoms with Crippen molar-refractivity contribution in [3.8, 4) is 11.5 Å². The number of carbonyl (C=O) groups is 1. The molecular weight excluding hydrogens is 226 g/mol. The Bertz CT molecular complexity index is 520. The molecule has 0 saturated heterocycles. The molecule has 1 aromatic heterocycles. The molecule has 0 saturated carbocycles. The van der Waals surface area contributed by atoms with Crippen molar-refractivity contribution in [1.29, 1.82) is 0 Å². The highest BCUT2D eigenvalue weighted by molar-refractivity contribution is 5.74. The highest BCUT2D eigenvalue weighted by Gasteiger charge is 2.00. The van der Waals surface area contributed by atoms with Crippen molar-refractivity contribution in [1.82, 2.24) is 4.98 Å². The molecule has 0 bridgehead atoms. The summed E-state index contributed by atoms with van der Waals surface area (Å²) in [7, 11) is 0. The summed E-state index contributed by atoms with van der Waals surface area (Å²) in [6, 6.07) is 9.63. The van der Waals surface area contributed by atoms with Crippen LogP contribution in [0.25, 0.3) is 0 Å². The highest BCUT2D eigenvalue weighted by Crippen LogP contribution is 2.21. The molecule has 0 aliphatic rings. The zero-order valence-corrected chi connectivity index (χ0v) is 10.3. The van der Waals surface area contributed by atoms with Gasteiger partial charge in [0.05, 0.1) is 6.20 Å². The molecule has 0 fully saturated rings. The van der Waals surface area contributed by atoms with Crippen molar-refractivity contribution >= 4 is 6.29 Å². The molecular formula is C15H15NO2. The zero-order chi connectivity index (χ0) is 12.8. The minimum absolute atomic E-state index is 0.509. The average Bonchev–Trinajstić information content (AvgIpc) is 2.42. The number of benzene rings is 1. The van der Waals surface area contributed by atoms with E-state index in [0.29, 0.717) is 11.3 Å². The second-order valence-corrected chi connectivity index (χ2v) is 4.07. The minimum atomic E-state index is 0.509. The van der Waals surface area contributed by atoms with Gasteiger partial charge in [-0.05, 0) is 30.2 Å². The summed E-state index contributed by atoms with van der Waals surface area (Å²) >= 11 is 0. The van der Waals surface area contributed by atoms with Gasteiger partial charge in [0.25, 0.3) is 0 Å². The summed E-state index contributed by atoms with van der Waals surface area (Å²) in [5, 5.41) is 0. The first kappa shape index (κ1) is 12.3. The maximum atomic E-state index is 10.6. The molecule has 0 aliphatic carbocycles. The molecule has 1 heterocycles. The molecule has 0 N–H and O–H groups in total. The van der Waals surface area contributed by atoms with Crippen LogP contribution in [0.3, 0.4) is 0 Å². The van der Waals surface area contributed by atoms with E-state index >= 15 is 0 Å². The Kier molecular flexibility index (Phi) is 4.07. The number of nitrogens with zero attached hydrogens (tertiary/aromatic N) is 1. The van der Waals surface area contributed by atoms with Gasteiger partial charge >= 0.3 is 0 Å². The number of aryl methyl sites for hydroxylation is 1. The van der Waals surface area contributed by atoms with Gasteiger partial charge in [0.2, 0.25) is 0 Å². The normalized spacial score (nSPS) is 10.1. The van der Waals surface area contributed by atoms with Crippen LogP contribution in [0.5, 0.6) is 11.5 Å². The summed E-state index contributed by atoms with van der Waals surface area (Å²) in [6.07, 6.45) is 6.05. The molecule has 92 valence electrons. The van der Waals surface area contributed by atoms with Crippen LogP contribution in [0.1, 0.15) is 29.3 Å². The lowest BCUT2D eigenvalue weighted by atomic mass is 10.1. The Balaban J connectivity index is 2.10. The zero-order valence-electron chi connectivity index (χ0n) is 10.3. The van der Waals surface area contributed by atoms with Gasteiger partial charge in [-0.25, -0.2) is 0 Å². The summed E-state index contributed by atoms with van der Waals surface area (Å²) in [5.41, 5.74) is 1.81. The largest absolute Gasteiger partial charge is 0.456 e. The SMILES string of the molecule is CCCc1ccc(Oc2cncc(C=O)c2)cc1. The third-order valence-corrected chi connectivity index (χ3v) is 2.57. The molecule has 0 radical (unpaired) electrons. The Morgan fingerprint density at radius 1 is 1.17 bits per heavy atom. The number of aromatic nitrogens is 1. The van der Waals surface area contributed by atoms with Gasteiger partial charge < -0.3 is 4.74 Å². The van der Waals surface area contributed by atoms with E-state index in [2.05, 4.69) is 24.0 Å². The first-order chi connectivity index (χ1) is 8.81. The Labute approximate surface area is 106 Å². The number of hydrogen-bond donors (Lipinski definition) is 0. The van der Waals surface area contributed by atoms with E-state index in [1.165, 1.54) is 11.8 Å². The van der Waals surface area contributed by atoms with Crippen LogP contribution in [0.4, 0.5) is 0 Å². The highest BCUT2D eigenvalue weighted by atomic mass is 16.5. The number of hydrogen-bond acceptors (Lipinski definition) is 3. The molecule has 0 amide bonds. The Morgan fingerprint density at radius 2 is 1.94 bits per heavy atom. The topological polar surface area (TPSA) is 39.2 Å².